The number of hydrogen-bond acceptors (Lipinski definition) is 4. The second kappa shape index (κ2) is 9.27. The molecule has 4 aromatic rings. The van der Waals surface area contributed by atoms with Crippen molar-refractivity contribution in [3.63, 3.8) is 0 Å². The third-order valence-electron chi connectivity index (χ3n) is 5.90. The molecule has 1 heterocycles. The Morgan fingerprint density at radius 1 is 1.09 bits per heavy atom. The summed E-state index contributed by atoms with van der Waals surface area (Å²) in [5.74, 6) is 0. The fourth-order valence-electron chi connectivity index (χ4n) is 4.55. The zero-order valence-corrected chi connectivity index (χ0v) is 21.1. The first kappa shape index (κ1) is 24.0. The summed E-state index contributed by atoms with van der Waals surface area (Å²) in [5, 5.41) is 14.4. The lowest BCUT2D eigenvalue weighted by Gasteiger charge is -2.20. The van der Waals surface area contributed by atoms with Gasteiger partial charge in [0.15, 0.2) is 0 Å². The largest absolute Gasteiger partial charge is 0.444 e. The molecule has 6 heteroatoms. The minimum atomic E-state index is -0.537. The van der Waals surface area contributed by atoms with Crippen LogP contribution < -0.4 is 5.32 Å². The van der Waals surface area contributed by atoms with Gasteiger partial charge in [0.1, 0.15) is 5.60 Å². The number of carbonyl (C=O) groups is 1. The summed E-state index contributed by atoms with van der Waals surface area (Å²) in [6.45, 7) is 10.0. The Balaban J connectivity index is 1.74. The smallest absolute Gasteiger partial charge is 0.407 e. The van der Waals surface area contributed by atoms with Gasteiger partial charge in [0.25, 0.3) is 0 Å². The number of aryl methyl sites for hydroxylation is 3. The average Bonchev–Trinajstić information content (AvgIpc) is 3.16. The van der Waals surface area contributed by atoms with E-state index in [1.54, 1.807) is 0 Å². The van der Waals surface area contributed by atoms with Crippen molar-refractivity contribution >= 4 is 16.9 Å². The van der Waals surface area contributed by atoms with Gasteiger partial charge in [0.2, 0.25) is 0 Å². The highest BCUT2D eigenvalue weighted by Gasteiger charge is 2.20. The van der Waals surface area contributed by atoms with Crippen molar-refractivity contribution in [1.29, 1.82) is 5.26 Å². The summed E-state index contributed by atoms with van der Waals surface area (Å²) in [4.78, 5) is 16.9. The van der Waals surface area contributed by atoms with E-state index >= 15 is 0 Å². The molecule has 0 saturated heterocycles. The molecular weight excluding hydrogens is 436 g/mol. The van der Waals surface area contributed by atoms with Crippen LogP contribution in [0.5, 0.6) is 0 Å². The van der Waals surface area contributed by atoms with Gasteiger partial charge in [-0.3, -0.25) is 0 Å². The van der Waals surface area contributed by atoms with Gasteiger partial charge in [-0.25, -0.2) is 9.78 Å². The minimum absolute atomic E-state index is 0.381. The molecule has 178 valence electrons. The van der Waals surface area contributed by atoms with Crippen molar-refractivity contribution in [3.8, 4) is 28.6 Å². The molecule has 0 saturated carbocycles. The van der Waals surface area contributed by atoms with Gasteiger partial charge in [-0.2, -0.15) is 5.26 Å². The maximum atomic E-state index is 12.1. The van der Waals surface area contributed by atoms with E-state index < -0.39 is 11.7 Å². The van der Waals surface area contributed by atoms with Crippen LogP contribution >= 0.6 is 0 Å². The fourth-order valence-corrected chi connectivity index (χ4v) is 4.55. The Kier molecular flexibility index (Phi) is 6.36. The van der Waals surface area contributed by atoms with Crippen LogP contribution in [-0.2, 0) is 18.3 Å². The number of carbonyl (C=O) groups excluding carboxylic acids is 1. The van der Waals surface area contributed by atoms with Crippen LogP contribution in [0.4, 0.5) is 4.79 Å². The SMILES string of the molecule is Cc1cc(CNC(=O)OC(C)(C)C)cc(C)c1-c1ncn(C)c1-c1ccc(C#N)c2ccccc12. The third-order valence-corrected chi connectivity index (χ3v) is 5.90. The van der Waals surface area contributed by atoms with Gasteiger partial charge in [-0.05, 0) is 62.8 Å². The molecule has 0 atom stereocenters. The molecule has 1 N–H and O–H groups in total. The molecular formula is C29H30N4O2. The van der Waals surface area contributed by atoms with Crippen LogP contribution in [0, 0.1) is 25.2 Å². The van der Waals surface area contributed by atoms with Crippen molar-refractivity contribution in [2.75, 3.05) is 0 Å². The Hall–Kier alpha value is -4.11. The monoisotopic (exact) mass is 466 g/mol. The van der Waals surface area contributed by atoms with Crippen molar-refractivity contribution in [2.24, 2.45) is 7.05 Å². The number of benzene rings is 3. The third kappa shape index (κ3) is 4.90. The summed E-state index contributed by atoms with van der Waals surface area (Å²) in [5.41, 5.74) is 7.25. The molecule has 6 nitrogen and oxygen atoms in total. The maximum absolute atomic E-state index is 12.1. The van der Waals surface area contributed by atoms with Gasteiger partial charge in [-0.1, -0.05) is 42.5 Å². The van der Waals surface area contributed by atoms with Gasteiger partial charge >= 0.3 is 6.09 Å². The van der Waals surface area contributed by atoms with E-state index in [0.717, 1.165) is 50.0 Å². The van der Waals surface area contributed by atoms with Crippen molar-refractivity contribution < 1.29 is 9.53 Å². The lowest BCUT2D eigenvalue weighted by molar-refractivity contribution is 0.0523. The average molecular weight is 467 g/mol. The zero-order valence-electron chi connectivity index (χ0n) is 21.1. The fraction of sp³-hybridized carbons (Fsp3) is 0.276. The summed E-state index contributed by atoms with van der Waals surface area (Å²) in [7, 11) is 1.99. The normalized spacial score (nSPS) is 11.3. The van der Waals surface area contributed by atoms with E-state index in [9.17, 15) is 10.1 Å². The second-order valence-electron chi connectivity index (χ2n) is 9.83. The summed E-state index contributed by atoms with van der Waals surface area (Å²) in [6, 6.07) is 18.3. The number of nitrogens with one attached hydrogen (secondary N) is 1. The lowest BCUT2D eigenvalue weighted by Crippen LogP contribution is -2.32. The number of alkyl carbamates (subject to hydrolysis) is 1. The van der Waals surface area contributed by atoms with Gasteiger partial charge < -0.3 is 14.6 Å². The summed E-state index contributed by atoms with van der Waals surface area (Å²) in [6.07, 6.45) is 1.39. The van der Waals surface area contributed by atoms with E-state index in [1.165, 1.54) is 0 Å². The Morgan fingerprint density at radius 3 is 2.37 bits per heavy atom. The number of aromatic nitrogens is 2. The van der Waals surface area contributed by atoms with E-state index in [1.807, 2.05) is 75.1 Å². The summed E-state index contributed by atoms with van der Waals surface area (Å²) >= 11 is 0. The number of nitrogens with zero attached hydrogens (tertiary/aromatic N) is 3. The highest BCUT2D eigenvalue weighted by atomic mass is 16.6. The number of fused-ring (bicyclic) bond motifs is 1. The molecule has 0 bridgehead atoms. The highest BCUT2D eigenvalue weighted by Crippen LogP contribution is 2.38. The number of rotatable bonds is 4. The van der Waals surface area contributed by atoms with E-state index in [2.05, 4.69) is 37.4 Å². The van der Waals surface area contributed by atoms with Crippen LogP contribution in [0.1, 0.15) is 43.0 Å². The molecule has 0 fully saturated rings. The van der Waals surface area contributed by atoms with Gasteiger partial charge in [0.05, 0.1) is 29.3 Å². The second-order valence-corrected chi connectivity index (χ2v) is 9.83. The molecule has 1 amide bonds. The molecule has 0 aliphatic heterocycles. The van der Waals surface area contributed by atoms with Crippen LogP contribution in [0.15, 0.2) is 54.9 Å². The Labute approximate surface area is 206 Å². The molecule has 0 spiro atoms. The van der Waals surface area contributed by atoms with Gasteiger partial charge in [0, 0.05) is 30.1 Å². The standard InChI is InChI=1S/C29H30N4O2/c1-18-13-20(16-31-28(34)35-29(3,4)5)14-19(2)25(18)26-27(33(6)17-32-26)24-12-11-21(15-30)22-9-7-8-10-23(22)24/h7-14,17H,16H2,1-6H3,(H,31,34). The van der Waals surface area contributed by atoms with Gasteiger partial charge in [-0.15, -0.1) is 0 Å². The molecule has 0 aliphatic carbocycles. The molecule has 0 aliphatic rings. The number of ether oxygens (including phenoxy) is 1. The Bertz CT molecular complexity index is 1450. The first-order chi connectivity index (χ1) is 16.6. The van der Waals surface area contributed by atoms with Crippen LogP contribution in [0.3, 0.4) is 0 Å². The lowest BCUT2D eigenvalue weighted by atomic mass is 9.92. The number of hydrogen-bond donors (Lipinski definition) is 1. The molecule has 4 rings (SSSR count). The van der Waals surface area contributed by atoms with Crippen LogP contribution in [-0.4, -0.2) is 21.2 Å². The summed E-state index contributed by atoms with van der Waals surface area (Å²) < 4.78 is 7.38. The molecule has 3 aromatic carbocycles. The topological polar surface area (TPSA) is 79.9 Å². The molecule has 0 unspecified atom stereocenters. The van der Waals surface area contributed by atoms with Crippen molar-refractivity contribution in [2.45, 2.75) is 46.8 Å². The predicted molar refractivity (Wildman–Crippen MR) is 139 cm³/mol. The number of imidazole rings is 1. The van der Waals surface area contributed by atoms with Crippen LogP contribution in [0.25, 0.3) is 33.3 Å². The predicted octanol–water partition coefficient (Wildman–Crippen LogP) is 6.42. The highest BCUT2D eigenvalue weighted by molar-refractivity contribution is 6.01. The van der Waals surface area contributed by atoms with E-state index in [0.29, 0.717) is 12.1 Å². The first-order valence-electron chi connectivity index (χ1n) is 11.6. The maximum Gasteiger partial charge on any atom is 0.407 e. The molecule has 0 radical (unpaired) electrons. The first-order valence-corrected chi connectivity index (χ1v) is 11.6. The molecule has 35 heavy (non-hydrogen) atoms. The zero-order chi connectivity index (χ0) is 25.3. The van der Waals surface area contributed by atoms with Crippen molar-refractivity contribution in [3.05, 3.63) is 77.1 Å². The van der Waals surface area contributed by atoms with E-state index in [-0.39, 0.29) is 0 Å². The van der Waals surface area contributed by atoms with Crippen LogP contribution in [0.2, 0.25) is 0 Å². The molecule has 1 aromatic heterocycles. The number of amides is 1. The van der Waals surface area contributed by atoms with Crippen molar-refractivity contribution in [1.82, 2.24) is 14.9 Å². The minimum Gasteiger partial charge on any atom is -0.444 e. The quantitative estimate of drug-likeness (QED) is 0.376. The number of nitriles is 1. The Morgan fingerprint density at radius 2 is 1.74 bits per heavy atom. The van der Waals surface area contributed by atoms with E-state index in [4.69, 9.17) is 9.72 Å².